The van der Waals surface area contributed by atoms with Gasteiger partial charge in [0.2, 0.25) is 5.89 Å². The molecule has 1 unspecified atom stereocenters. The van der Waals surface area contributed by atoms with E-state index in [1.54, 1.807) is 6.92 Å². The first kappa shape index (κ1) is 15.2. The number of Topliss-reactive ketones (excluding diaryl/α,β-unsaturated/α-hetero) is 1. The Hall–Kier alpha value is -1.23. The number of nitrogens with zero attached hydrogens (tertiary/aromatic N) is 3. The van der Waals surface area contributed by atoms with Gasteiger partial charge in [-0.3, -0.25) is 9.69 Å². The summed E-state index contributed by atoms with van der Waals surface area (Å²) in [6.07, 6.45) is 7.25. The van der Waals surface area contributed by atoms with Gasteiger partial charge >= 0.3 is 0 Å². The van der Waals surface area contributed by atoms with E-state index in [-0.39, 0.29) is 5.78 Å². The van der Waals surface area contributed by atoms with Crippen LogP contribution in [-0.2, 0) is 17.8 Å². The zero-order valence-electron chi connectivity index (χ0n) is 12.6. The molecule has 20 heavy (non-hydrogen) atoms. The second kappa shape index (κ2) is 7.53. The summed E-state index contributed by atoms with van der Waals surface area (Å²) < 4.78 is 5.33. The second-order valence-electron chi connectivity index (χ2n) is 5.73. The Morgan fingerprint density at radius 2 is 2.25 bits per heavy atom. The normalized spacial score (nSPS) is 20.8. The van der Waals surface area contributed by atoms with Crippen molar-refractivity contribution in [3.05, 3.63) is 11.7 Å². The van der Waals surface area contributed by atoms with Crippen LogP contribution in [0.25, 0.3) is 0 Å². The number of carbonyl (C=O) groups excluding carboxylic acids is 1. The van der Waals surface area contributed by atoms with Gasteiger partial charge in [0.1, 0.15) is 5.78 Å². The highest BCUT2D eigenvalue weighted by atomic mass is 16.5. The van der Waals surface area contributed by atoms with Crippen LogP contribution in [-0.4, -0.2) is 33.4 Å². The number of hydrogen-bond donors (Lipinski definition) is 0. The van der Waals surface area contributed by atoms with Gasteiger partial charge in [0.15, 0.2) is 5.82 Å². The molecule has 2 heterocycles. The largest absolute Gasteiger partial charge is 0.338 e. The summed E-state index contributed by atoms with van der Waals surface area (Å²) in [6.45, 7) is 5.47. The van der Waals surface area contributed by atoms with Gasteiger partial charge < -0.3 is 4.52 Å². The minimum absolute atomic E-state index is 0.263. The monoisotopic (exact) mass is 279 g/mol. The number of likely N-dealkylation sites (tertiary alicyclic amines) is 1. The van der Waals surface area contributed by atoms with E-state index in [0.29, 0.717) is 24.9 Å². The molecule has 1 aromatic heterocycles. The van der Waals surface area contributed by atoms with Crippen molar-refractivity contribution in [3.8, 4) is 0 Å². The van der Waals surface area contributed by atoms with Crippen LogP contribution < -0.4 is 0 Å². The summed E-state index contributed by atoms with van der Waals surface area (Å²) in [4.78, 5) is 18.2. The Bertz CT molecular complexity index is 431. The molecule has 1 atom stereocenters. The third-order valence-electron chi connectivity index (χ3n) is 3.84. The van der Waals surface area contributed by atoms with E-state index >= 15 is 0 Å². The molecule has 0 amide bonds. The number of hydrogen-bond acceptors (Lipinski definition) is 5. The van der Waals surface area contributed by atoms with Gasteiger partial charge in [-0.15, -0.1) is 0 Å². The minimum atomic E-state index is 0.263. The lowest BCUT2D eigenvalue weighted by Crippen LogP contribution is -2.35. The highest BCUT2D eigenvalue weighted by Gasteiger charge is 2.24. The van der Waals surface area contributed by atoms with Crippen molar-refractivity contribution in [1.82, 2.24) is 15.0 Å². The van der Waals surface area contributed by atoms with Gasteiger partial charge in [0.05, 0.1) is 6.54 Å². The molecule has 1 aliphatic heterocycles. The fourth-order valence-corrected chi connectivity index (χ4v) is 2.86. The highest BCUT2D eigenvalue weighted by molar-refractivity contribution is 5.76. The highest BCUT2D eigenvalue weighted by Crippen LogP contribution is 2.21. The Morgan fingerprint density at radius 1 is 1.40 bits per heavy atom. The van der Waals surface area contributed by atoms with Crippen LogP contribution in [0.3, 0.4) is 0 Å². The molecule has 112 valence electrons. The van der Waals surface area contributed by atoms with Crippen molar-refractivity contribution in [2.75, 3.05) is 6.54 Å². The third kappa shape index (κ3) is 4.40. The predicted molar refractivity (Wildman–Crippen MR) is 76.3 cm³/mol. The molecule has 0 aliphatic carbocycles. The molecular weight excluding hydrogens is 254 g/mol. The lowest BCUT2D eigenvalue weighted by atomic mass is 10.0. The fraction of sp³-hybridized carbons (Fsp3) is 0.800. The van der Waals surface area contributed by atoms with Crippen LogP contribution in [0.2, 0.25) is 0 Å². The quantitative estimate of drug-likeness (QED) is 0.801. The maximum absolute atomic E-state index is 11.4. The molecular formula is C15H25N3O2. The zero-order chi connectivity index (χ0) is 14.4. The first-order valence-electron chi connectivity index (χ1n) is 7.74. The summed E-state index contributed by atoms with van der Waals surface area (Å²) in [6, 6.07) is 0.330. The Labute approximate surface area is 120 Å². The van der Waals surface area contributed by atoms with E-state index in [2.05, 4.69) is 22.0 Å². The zero-order valence-corrected chi connectivity index (χ0v) is 12.6. The molecule has 1 aromatic rings. The molecule has 2 rings (SSSR count). The molecule has 5 heteroatoms. The summed E-state index contributed by atoms with van der Waals surface area (Å²) in [7, 11) is 0. The Kier molecular flexibility index (Phi) is 5.71. The maximum atomic E-state index is 11.4. The first-order valence-corrected chi connectivity index (χ1v) is 7.74. The van der Waals surface area contributed by atoms with Crippen LogP contribution in [0.1, 0.15) is 64.1 Å². The molecule has 1 fully saturated rings. The number of rotatable bonds is 6. The fourth-order valence-electron chi connectivity index (χ4n) is 2.86. The van der Waals surface area contributed by atoms with Crippen molar-refractivity contribution in [2.24, 2.45) is 0 Å². The molecule has 0 aromatic carbocycles. The Morgan fingerprint density at radius 3 is 3.00 bits per heavy atom. The van der Waals surface area contributed by atoms with E-state index in [4.69, 9.17) is 4.52 Å². The van der Waals surface area contributed by atoms with Crippen LogP contribution >= 0.6 is 0 Å². The van der Waals surface area contributed by atoms with Crippen molar-refractivity contribution >= 4 is 5.78 Å². The smallest absolute Gasteiger partial charge is 0.240 e. The average molecular weight is 279 g/mol. The van der Waals surface area contributed by atoms with Gasteiger partial charge in [0, 0.05) is 18.9 Å². The van der Waals surface area contributed by atoms with Gasteiger partial charge in [-0.1, -0.05) is 24.9 Å². The van der Waals surface area contributed by atoms with E-state index in [0.717, 1.165) is 31.6 Å². The first-order chi connectivity index (χ1) is 9.69. The van der Waals surface area contributed by atoms with E-state index in [9.17, 15) is 4.79 Å². The Balaban J connectivity index is 2.00. The minimum Gasteiger partial charge on any atom is -0.338 e. The van der Waals surface area contributed by atoms with Crippen LogP contribution in [0.15, 0.2) is 4.52 Å². The van der Waals surface area contributed by atoms with Gasteiger partial charge in [-0.25, -0.2) is 0 Å². The summed E-state index contributed by atoms with van der Waals surface area (Å²) in [5, 5.41) is 4.00. The van der Waals surface area contributed by atoms with Crippen molar-refractivity contribution in [3.63, 3.8) is 0 Å². The summed E-state index contributed by atoms with van der Waals surface area (Å²) >= 11 is 0. The van der Waals surface area contributed by atoms with Crippen LogP contribution in [0.5, 0.6) is 0 Å². The molecule has 1 saturated heterocycles. The lowest BCUT2D eigenvalue weighted by Gasteiger charge is -2.27. The number of carbonyl (C=O) groups is 1. The van der Waals surface area contributed by atoms with Crippen molar-refractivity contribution < 1.29 is 9.32 Å². The van der Waals surface area contributed by atoms with E-state index < -0.39 is 0 Å². The van der Waals surface area contributed by atoms with E-state index in [1.165, 1.54) is 19.3 Å². The maximum Gasteiger partial charge on any atom is 0.240 e. The number of aryl methyl sites for hydroxylation is 1. The molecule has 0 saturated carbocycles. The summed E-state index contributed by atoms with van der Waals surface area (Å²) in [5.74, 6) is 1.74. The van der Waals surface area contributed by atoms with Crippen LogP contribution in [0.4, 0.5) is 0 Å². The number of ketones is 1. The topological polar surface area (TPSA) is 59.2 Å². The lowest BCUT2D eigenvalue weighted by molar-refractivity contribution is -0.118. The van der Waals surface area contributed by atoms with Crippen LogP contribution in [0, 0.1) is 0 Å². The molecule has 0 bridgehead atoms. The number of aromatic nitrogens is 2. The van der Waals surface area contributed by atoms with Crippen molar-refractivity contribution in [2.45, 2.75) is 71.4 Å². The van der Waals surface area contributed by atoms with E-state index in [1.807, 2.05) is 0 Å². The van der Waals surface area contributed by atoms with Gasteiger partial charge in [-0.2, -0.15) is 4.98 Å². The molecule has 0 N–H and O–H groups in total. The second-order valence-corrected chi connectivity index (χ2v) is 5.73. The SMILES string of the molecule is CCCc1noc(CN2CCCCCC2CC(C)=O)n1. The third-order valence-corrected chi connectivity index (χ3v) is 3.84. The molecule has 0 radical (unpaired) electrons. The summed E-state index contributed by atoms with van der Waals surface area (Å²) in [5.41, 5.74) is 0. The average Bonchev–Trinajstić information content (AvgIpc) is 2.72. The van der Waals surface area contributed by atoms with Crippen molar-refractivity contribution in [1.29, 1.82) is 0 Å². The molecule has 1 aliphatic rings. The van der Waals surface area contributed by atoms with Gasteiger partial charge in [0.25, 0.3) is 0 Å². The molecule has 5 nitrogen and oxygen atoms in total. The molecule has 0 spiro atoms. The standard InChI is InChI=1S/C15H25N3O2/c1-3-7-14-16-15(20-17-14)11-18-9-6-4-5-8-13(18)10-12(2)19/h13H,3-11H2,1-2H3. The van der Waals surface area contributed by atoms with Gasteiger partial charge in [-0.05, 0) is 32.7 Å². The predicted octanol–water partition coefficient (Wildman–Crippen LogP) is 2.75.